The summed E-state index contributed by atoms with van der Waals surface area (Å²) >= 11 is 0. The molecule has 0 fully saturated rings. The first-order chi connectivity index (χ1) is 12.0. The zero-order chi connectivity index (χ0) is 17.6. The number of aryl methyl sites for hydroxylation is 1. The van der Waals surface area contributed by atoms with Gasteiger partial charge in [-0.2, -0.15) is 0 Å². The van der Waals surface area contributed by atoms with Crippen molar-refractivity contribution in [2.75, 3.05) is 11.9 Å². The molecule has 2 aliphatic heterocycles. The van der Waals surface area contributed by atoms with E-state index in [9.17, 15) is 9.59 Å². The summed E-state index contributed by atoms with van der Waals surface area (Å²) in [4.78, 5) is 27.5. The predicted molar refractivity (Wildman–Crippen MR) is 94.4 cm³/mol. The second-order valence-electron chi connectivity index (χ2n) is 6.83. The molecule has 0 saturated heterocycles. The van der Waals surface area contributed by atoms with E-state index in [0.29, 0.717) is 24.5 Å². The molecule has 0 unspecified atom stereocenters. The van der Waals surface area contributed by atoms with Gasteiger partial charge in [0.1, 0.15) is 5.75 Å². The first-order valence-electron chi connectivity index (χ1n) is 8.45. The fourth-order valence-corrected chi connectivity index (χ4v) is 3.45. The van der Waals surface area contributed by atoms with E-state index in [0.717, 1.165) is 17.5 Å². The summed E-state index contributed by atoms with van der Waals surface area (Å²) in [5.74, 6) is -0.196. The third kappa shape index (κ3) is 2.56. The van der Waals surface area contributed by atoms with Crippen LogP contribution in [0.3, 0.4) is 0 Å². The van der Waals surface area contributed by atoms with Crippen molar-refractivity contribution < 1.29 is 14.3 Å². The molecule has 4 rings (SSSR count). The molecule has 2 aromatic rings. The van der Waals surface area contributed by atoms with Crippen molar-refractivity contribution in [2.24, 2.45) is 0 Å². The highest BCUT2D eigenvalue weighted by atomic mass is 16.5. The molecule has 2 heterocycles. The molecule has 1 atom stereocenters. The zero-order valence-corrected chi connectivity index (χ0v) is 14.3. The monoisotopic (exact) mass is 336 g/mol. The number of hydrogen-bond donors (Lipinski definition) is 1. The molecule has 25 heavy (non-hydrogen) atoms. The molecule has 5 nitrogen and oxygen atoms in total. The van der Waals surface area contributed by atoms with Gasteiger partial charge in [-0.15, -0.1) is 0 Å². The quantitative estimate of drug-likeness (QED) is 0.815. The van der Waals surface area contributed by atoms with Crippen molar-refractivity contribution in [3.63, 3.8) is 0 Å². The number of carbonyl (C=O) groups is 2. The molecule has 2 aliphatic rings. The Bertz CT molecular complexity index is 877. The van der Waals surface area contributed by atoms with Gasteiger partial charge in [-0.25, -0.2) is 0 Å². The summed E-state index contributed by atoms with van der Waals surface area (Å²) < 4.78 is 5.89. The van der Waals surface area contributed by atoms with Gasteiger partial charge >= 0.3 is 0 Å². The van der Waals surface area contributed by atoms with Gasteiger partial charge in [-0.05, 0) is 49.1 Å². The van der Waals surface area contributed by atoms with Crippen LogP contribution < -0.4 is 10.1 Å². The minimum absolute atomic E-state index is 0.300. The van der Waals surface area contributed by atoms with Crippen molar-refractivity contribution in [3.8, 4) is 5.75 Å². The van der Waals surface area contributed by atoms with Gasteiger partial charge in [0.05, 0.1) is 5.69 Å². The molecule has 0 spiro atoms. The molecule has 1 N–H and O–H groups in total. The molecule has 2 amide bonds. The van der Waals surface area contributed by atoms with Crippen LogP contribution in [0.4, 0.5) is 5.69 Å². The van der Waals surface area contributed by atoms with Crippen LogP contribution in [0, 0.1) is 6.92 Å². The number of carbonyl (C=O) groups excluding carboxylic acids is 2. The number of ether oxygens (including phenoxy) is 1. The second-order valence-corrected chi connectivity index (χ2v) is 6.83. The highest BCUT2D eigenvalue weighted by Gasteiger charge is 2.49. The van der Waals surface area contributed by atoms with Crippen LogP contribution in [0.25, 0.3) is 0 Å². The summed E-state index contributed by atoms with van der Waals surface area (Å²) in [5, 5.41) is 2.82. The van der Waals surface area contributed by atoms with Crippen molar-refractivity contribution in [1.29, 1.82) is 0 Å². The number of fused-ring (bicyclic) bond motifs is 2. The summed E-state index contributed by atoms with van der Waals surface area (Å²) in [6.07, 6.45) is 0.787. The number of anilines is 1. The number of amides is 2. The fraction of sp³-hybridized carbons (Fsp3) is 0.300. The number of nitrogens with one attached hydrogen (secondary N) is 1. The molecule has 128 valence electrons. The number of nitrogens with zero attached hydrogens (tertiary/aromatic N) is 1. The smallest absolute Gasteiger partial charge is 0.278 e. The first kappa shape index (κ1) is 15.7. The van der Waals surface area contributed by atoms with Crippen molar-refractivity contribution in [3.05, 3.63) is 59.2 Å². The van der Waals surface area contributed by atoms with Crippen molar-refractivity contribution >= 4 is 17.5 Å². The maximum absolute atomic E-state index is 13.1. The maximum atomic E-state index is 13.1. The van der Waals surface area contributed by atoms with E-state index in [2.05, 4.69) is 11.4 Å². The zero-order valence-electron chi connectivity index (χ0n) is 14.3. The molecule has 5 heteroatoms. The third-order valence-electron chi connectivity index (χ3n) is 4.96. The van der Waals surface area contributed by atoms with Gasteiger partial charge in [0.25, 0.3) is 17.4 Å². The Kier molecular flexibility index (Phi) is 3.53. The standard InChI is InChI=1S/C20H20N2O3/c1-13-7-8-17-16(11-13)21-18(23)20(2,25-17)19(24)22-10-9-14-5-3-4-6-15(14)12-22/h3-8,11H,9-10,12H2,1-2H3,(H,21,23)/t20-/m1/s1. The summed E-state index contributed by atoms with van der Waals surface area (Å²) in [7, 11) is 0. The van der Waals surface area contributed by atoms with E-state index in [1.807, 2.05) is 37.3 Å². The summed E-state index contributed by atoms with van der Waals surface area (Å²) in [6.45, 7) is 4.58. The van der Waals surface area contributed by atoms with Gasteiger partial charge in [0.15, 0.2) is 0 Å². The molecule has 0 bridgehead atoms. The Morgan fingerprint density at radius 2 is 1.96 bits per heavy atom. The summed E-state index contributed by atoms with van der Waals surface area (Å²) in [6, 6.07) is 13.6. The molecular formula is C20H20N2O3. The predicted octanol–water partition coefficient (Wildman–Crippen LogP) is 2.67. The summed E-state index contributed by atoms with van der Waals surface area (Å²) in [5.41, 5.74) is 2.46. The van der Waals surface area contributed by atoms with Crippen LogP contribution in [0.5, 0.6) is 5.75 Å². The lowest BCUT2D eigenvalue weighted by atomic mass is 9.96. The second kappa shape index (κ2) is 5.62. The Labute approximate surface area is 146 Å². The van der Waals surface area contributed by atoms with Crippen LogP contribution in [0.2, 0.25) is 0 Å². The van der Waals surface area contributed by atoms with Crippen LogP contribution in [-0.2, 0) is 22.6 Å². The van der Waals surface area contributed by atoms with Gasteiger partial charge in [-0.3, -0.25) is 9.59 Å². The minimum Gasteiger partial charge on any atom is -0.466 e. The Balaban J connectivity index is 1.61. The SMILES string of the molecule is Cc1ccc2c(c1)NC(=O)[C@](C)(C(=O)N1CCc3ccccc3C1)O2. The van der Waals surface area contributed by atoms with Crippen molar-refractivity contribution in [1.82, 2.24) is 4.90 Å². The largest absolute Gasteiger partial charge is 0.466 e. The Morgan fingerprint density at radius 3 is 2.76 bits per heavy atom. The van der Waals surface area contributed by atoms with E-state index in [4.69, 9.17) is 4.74 Å². The van der Waals surface area contributed by atoms with Crippen LogP contribution in [-0.4, -0.2) is 28.9 Å². The average molecular weight is 336 g/mol. The van der Waals surface area contributed by atoms with Crippen LogP contribution in [0.1, 0.15) is 23.6 Å². The average Bonchev–Trinajstić information content (AvgIpc) is 2.62. The van der Waals surface area contributed by atoms with Crippen LogP contribution >= 0.6 is 0 Å². The highest BCUT2D eigenvalue weighted by molar-refractivity contribution is 6.15. The molecular weight excluding hydrogens is 316 g/mol. The fourth-order valence-electron chi connectivity index (χ4n) is 3.45. The normalized spacial score (nSPS) is 21.7. The lowest BCUT2D eigenvalue weighted by Gasteiger charge is -2.38. The van der Waals surface area contributed by atoms with E-state index < -0.39 is 11.5 Å². The lowest BCUT2D eigenvalue weighted by Crippen LogP contribution is -2.60. The van der Waals surface area contributed by atoms with Crippen LogP contribution in [0.15, 0.2) is 42.5 Å². The van der Waals surface area contributed by atoms with E-state index in [-0.39, 0.29) is 5.91 Å². The third-order valence-corrected chi connectivity index (χ3v) is 4.96. The van der Waals surface area contributed by atoms with Crippen molar-refractivity contribution in [2.45, 2.75) is 32.4 Å². The number of rotatable bonds is 1. The first-order valence-corrected chi connectivity index (χ1v) is 8.45. The lowest BCUT2D eigenvalue weighted by molar-refractivity contribution is -0.155. The van der Waals surface area contributed by atoms with E-state index in [1.165, 1.54) is 5.56 Å². The molecule has 0 aromatic heterocycles. The van der Waals surface area contributed by atoms with Gasteiger partial charge in [0.2, 0.25) is 0 Å². The molecule has 0 aliphatic carbocycles. The number of benzene rings is 2. The topological polar surface area (TPSA) is 58.6 Å². The van der Waals surface area contributed by atoms with Gasteiger partial charge in [0, 0.05) is 13.1 Å². The molecule has 0 radical (unpaired) electrons. The molecule has 0 saturated carbocycles. The number of hydrogen-bond acceptors (Lipinski definition) is 3. The minimum atomic E-state index is -1.55. The molecule has 2 aromatic carbocycles. The Morgan fingerprint density at radius 1 is 1.20 bits per heavy atom. The van der Waals surface area contributed by atoms with E-state index in [1.54, 1.807) is 17.9 Å². The Hall–Kier alpha value is -2.82. The highest BCUT2D eigenvalue weighted by Crippen LogP contribution is 2.35. The van der Waals surface area contributed by atoms with E-state index >= 15 is 0 Å². The van der Waals surface area contributed by atoms with Gasteiger partial charge in [-0.1, -0.05) is 30.3 Å². The maximum Gasteiger partial charge on any atom is 0.278 e. The van der Waals surface area contributed by atoms with Gasteiger partial charge < -0.3 is 15.0 Å².